The normalized spacial score (nSPS) is 20.3. The topological polar surface area (TPSA) is 50.7 Å². The van der Waals surface area contributed by atoms with Crippen molar-refractivity contribution in [2.45, 2.75) is 13.3 Å². The van der Waals surface area contributed by atoms with E-state index in [1.54, 1.807) is 6.07 Å². The molecule has 1 unspecified atom stereocenters. The van der Waals surface area contributed by atoms with Gasteiger partial charge in [-0.05, 0) is 6.07 Å². The summed E-state index contributed by atoms with van der Waals surface area (Å²) in [6.45, 7) is 2.01. The Bertz CT molecular complexity index is 480. The zero-order valence-electron chi connectivity index (χ0n) is 8.74. The van der Waals surface area contributed by atoms with Crippen molar-refractivity contribution >= 4 is 34.7 Å². The Hall–Kier alpha value is -1.06. The third kappa shape index (κ3) is 2.06. The molecule has 2 N–H and O–H groups in total. The minimum absolute atomic E-state index is 0.183. The van der Waals surface area contributed by atoms with Crippen LogP contribution in [-0.4, -0.2) is 11.5 Å². The summed E-state index contributed by atoms with van der Waals surface area (Å²) < 4.78 is 0. The number of rotatable bonds is 1. The molecule has 2 rings (SSSR count). The highest BCUT2D eigenvalue weighted by molar-refractivity contribution is 6.44. The largest absolute Gasteiger partial charge is 0.385 e. The van der Waals surface area contributed by atoms with E-state index in [2.05, 4.69) is 10.2 Å². The number of hydrogen-bond acceptors (Lipinski definition) is 3. The molecule has 16 heavy (non-hydrogen) atoms. The summed E-state index contributed by atoms with van der Waals surface area (Å²) in [6, 6.07) is 5.48. The van der Waals surface area contributed by atoms with Crippen LogP contribution in [0.15, 0.2) is 28.4 Å². The van der Waals surface area contributed by atoms with Gasteiger partial charge in [0, 0.05) is 17.9 Å². The summed E-state index contributed by atoms with van der Waals surface area (Å²) in [5.41, 5.74) is 7.33. The highest BCUT2D eigenvalue weighted by atomic mass is 35.5. The minimum Gasteiger partial charge on any atom is -0.385 e. The van der Waals surface area contributed by atoms with Crippen LogP contribution in [0, 0.1) is 5.92 Å². The Morgan fingerprint density at radius 3 is 2.75 bits per heavy atom. The molecule has 84 valence electrons. The second-order valence-corrected chi connectivity index (χ2v) is 4.56. The van der Waals surface area contributed by atoms with Gasteiger partial charge in [0.2, 0.25) is 0 Å². The van der Waals surface area contributed by atoms with Crippen molar-refractivity contribution in [1.29, 1.82) is 0 Å². The molecule has 1 aromatic carbocycles. The van der Waals surface area contributed by atoms with Gasteiger partial charge in [-0.3, -0.25) is 0 Å². The quantitative estimate of drug-likeness (QED) is 0.824. The van der Waals surface area contributed by atoms with E-state index in [-0.39, 0.29) is 5.92 Å². The van der Waals surface area contributed by atoms with E-state index in [0.717, 1.165) is 17.7 Å². The Balaban J connectivity index is 2.43. The highest BCUT2D eigenvalue weighted by Gasteiger charge is 2.19. The molecule has 0 aromatic heterocycles. The maximum atomic E-state index is 6.12. The minimum atomic E-state index is 0.183. The summed E-state index contributed by atoms with van der Waals surface area (Å²) in [7, 11) is 0. The van der Waals surface area contributed by atoms with Gasteiger partial charge in [-0.25, -0.2) is 0 Å². The fraction of sp³-hybridized carbons (Fsp3) is 0.273. The fourth-order valence-electron chi connectivity index (χ4n) is 1.54. The molecule has 1 heterocycles. The van der Waals surface area contributed by atoms with E-state index in [1.807, 2.05) is 19.1 Å². The molecule has 1 aromatic rings. The summed E-state index contributed by atoms with van der Waals surface area (Å²) in [5.74, 6) is 0.740. The zero-order valence-corrected chi connectivity index (χ0v) is 10.3. The summed E-state index contributed by atoms with van der Waals surface area (Å²) in [4.78, 5) is 0. The van der Waals surface area contributed by atoms with Crippen LogP contribution in [0.5, 0.6) is 0 Å². The number of hydrogen-bond donors (Lipinski definition) is 1. The predicted octanol–water partition coefficient (Wildman–Crippen LogP) is 3.09. The monoisotopic (exact) mass is 255 g/mol. The van der Waals surface area contributed by atoms with E-state index in [4.69, 9.17) is 28.9 Å². The van der Waals surface area contributed by atoms with Gasteiger partial charge in [0.15, 0.2) is 0 Å². The first-order valence-electron chi connectivity index (χ1n) is 4.94. The molecular formula is C11H11Cl2N3. The molecule has 0 fully saturated rings. The van der Waals surface area contributed by atoms with Crippen LogP contribution in [0.25, 0.3) is 0 Å². The number of amidine groups is 1. The Kier molecular flexibility index (Phi) is 3.17. The van der Waals surface area contributed by atoms with Crippen LogP contribution in [0.3, 0.4) is 0 Å². The van der Waals surface area contributed by atoms with Crippen LogP contribution >= 0.6 is 23.2 Å². The van der Waals surface area contributed by atoms with Crippen molar-refractivity contribution in [3.63, 3.8) is 0 Å². The van der Waals surface area contributed by atoms with E-state index < -0.39 is 0 Å². The molecule has 0 bridgehead atoms. The summed E-state index contributed by atoms with van der Waals surface area (Å²) in [5, 5.41) is 9.03. The molecule has 1 aliphatic rings. The van der Waals surface area contributed by atoms with Crippen LogP contribution in [-0.2, 0) is 0 Å². The number of nitrogens with zero attached hydrogens (tertiary/aromatic N) is 2. The molecule has 1 atom stereocenters. The van der Waals surface area contributed by atoms with Gasteiger partial charge >= 0.3 is 0 Å². The second kappa shape index (κ2) is 4.44. The summed E-state index contributed by atoms with van der Waals surface area (Å²) in [6.07, 6.45) is 0.732. The molecule has 3 nitrogen and oxygen atoms in total. The molecule has 0 aliphatic carbocycles. The van der Waals surface area contributed by atoms with E-state index >= 15 is 0 Å². The fourth-order valence-corrected chi connectivity index (χ4v) is 1.95. The van der Waals surface area contributed by atoms with Crippen molar-refractivity contribution in [1.82, 2.24) is 0 Å². The van der Waals surface area contributed by atoms with E-state index in [1.165, 1.54) is 0 Å². The van der Waals surface area contributed by atoms with Crippen molar-refractivity contribution in [2.24, 2.45) is 21.9 Å². The highest BCUT2D eigenvalue weighted by Crippen LogP contribution is 2.28. The average Bonchev–Trinajstić information content (AvgIpc) is 2.26. The zero-order chi connectivity index (χ0) is 11.7. The maximum Gasteiger partial charge on any atom is 0.125 e. The number of nitrogens with two attached hydrogens (primary N) is 1. The van der Waals surface area contributed by atoms with Crippen LogP contribution in [0.2, 0.25) is 10.0 Å². The third-order valence-electron chi connectivity index (χ3n) is 2.55. The SMILES string of the molecule is CC1CC(c2cccc(Cl)c2Cl)=NN=C1N. The first kappa shape index (κ1) is 11.4. The molecule has 0 amide bonds. The van der Waals surface area contributed by atoms with Gasteiger partial charge in [-0.15, -0.1) is 5.10 Å². The van der Waals surface area contributed by atoms with E-state index in [9.17, 15) is 0 Å². The number of halogens is 2. The molecule has 0 radical (unpaired) electrons. The Morgan fingerprint density at radius 2 is 2.06 bits per heavy atom. The van der Waals surface area contributed by atoms with Gasteiger partial charge in [0.05, 0.1) is 15.8 Å². The van der Waals surface area contributed by atoms with Crippen molar-refractivity contribution < 1.29 is 0 Å². The molecule has 0 saturated carbocycles. The number of benzene rings is 1. The molecule has 0 spiro atoms. The molecule has 1 aliphatic heterocycles. The molecule has 5 heteroatoms. The first-order valence-corrected chi connectivity index (χ1v) is 5.69. The van der Waals surface area contributed by atoms with Gasteiger partial charge in [-0.2, -0.15) is 5.10 Å². The van der Waals surface area contributed by atoms with Gasteiger partial charge in [0.25, 0.3) is 0 Å². The lowest BCUT2D eigenvalue weighted by Gasteiger charge is -2.17. The lowest BCUT2D eigenvalue weighted by molar-refractivity contribution is 0.779. The van der Waals surface area contributed by atoms with Crippen molar-refractivity contribution in [3.05, 3.63) is 33.8 Å². The van der Waals surface area contributed by atoms with Crippen molar-refractivity contribution in [2.75, 3.05) is 0 Å². The maximum absolute atomic E-state index is 6.12. The van der Waals surface area contributed by atoms with Gasteiger partial charge < -0.3 is 5.73 Å². The van der Waals surface area contributed by atoms with Crippen LogP contribution in [0.4, 0.5) is 0 Å². The van der Waals surface area contributed by atoms with E-state index in [0.29, 0.717) is 15.9 Å². The Morgan fingerprint density at radius 1 is 1.31 bits per heavy atom. The second-order valence-electron chi connectivity index (χ2n) is 3.78. The average molecular weight is 256 g/mol. The first-order chi connectivity index (χ1) is 7.59. The van der Waals surface area contributed by atoms with Crippen molar-refractivity contribution in [3.8, 4) is 0 Å². The van der Waals surface area contributed by atoms with Gasteiger partial charge in [-0.1, -0.05) is 42.3 Å². The standard InChI is InChI=1S/C11H11Cl2N3/c1-6-5-9(15-16-11(6)14)7-3-2-4-8(12)10(7)13/h2-4,6H,5H2,1H3,(H2,14,16). The lowest BCUT2D eigenvalue weighted by atomic mass is 9.97. The lowest BCUT2D eigenvalue weighted by Crippen LogP contribution is -2.26. The smallest absolute Gasteiger partial charge is 0.125 e. The predicted molar refractivity (Wildman–Crippen MR) is 68.4 cm³/mol. The third-order valence-corrected chi connectivity index (χ3v) is 3.37. The van der Waals surface area contributed by atoms with Crippen LogP contribution < -0.4 is 5.73 Å². The van der Waals surface area contributed by atoms with Gasteiger partial charge in [0.1, 0.15) is 5.84 Å². The molecule has 0 saturated heterocycles. The Labute approximate surface area is 104 Å². The summed E-state index contributed by atoms with van der Waals surface area (Å²) >= 11 is 12.1. The molecular weight excluding hydrogens is 245 g/mol. The van der Waals surface area contributed by atoms with Crippen LogP contribution in [0.1, 0.15) is 18.9 Å².